The van der Waals surface area contributed by atoms with Crippen molar-refractivity contribution >= 4 is 0 Å². The summed E-state index contributed by atoms with van der Waals surface area (Å²) in [5.74, 6) is 2.64. The fraction of sp³-hybridized carbons (Fsp3) is 0.125. The van der Waals surface area contributed by atoms with Gasteiger partial charge in [-0.15, -0.1) is 10.2 Å². The number of aromatic nitrogens is 2. The van der Waals surface area contributed by atoms with Crippen molar-refractivity contribution in [1.82, 2.24) is 10.2 Å². The number of fused-ring (bicyclic) bond motifs is 1. The summed E-state index contributed by atoms with van der Waals surface area (Å²) in [4.78, 5) is 0. The van der Waals surface area contributed by atoms with Gasteiger partial charge in [-0.2, -0.15) is 0 Å². The van der Waals surface area contributed by atoms with Crippen LogP contribution in [-0.2, 0) is 6.42 Å². The van der Waals surface area contributed by atoms with Crippen molar-refractivity contribution in [1.29, 1.82) is 0 Å². The maximum atomic E-state index is 5.70. The van der Waals surface area contributed by atoms with Crippen LogP contribution in [0, 0.1) is 0 Å². The van der Waals surface area contributed by atoms with Gasteiger partial charge in [0.2, 0.25) is 18.6 Å². The summed E-state index contributed by atoms with van der Waals surface area (Å²) in [7, 11) is 0. The minimum absolute atomic E-state index is 0.275. The second-order valence-electron chi connectivity index (χ2n) is 4.73. The van der Waals surface area contributed by atoms with Crippen LogP contribution >= 0.6 is 0 Å². The Morgan fingerprint density at radius 3 is 2.67 bits per heavy atom. The zero-order valence-electron chi connectivity index (χ0n) is 11.2. The molecule has 0 amide bonds. The summed E-state index contributed by atoms with van der Waals surface area (Å²) in [6.07, 6.45) is 0.566. The van der Waals surface area contributed by atoms with Crippen molar-refractivity contribution in [2.24, 2.45) is 0 Å². The van der Waals surface area contributed by atoms with Crippen LogP contribution in [-0.4, -0.2) is 17.0 Å². The Labute approximate surface area is 121 Å². The summed E-state index contributed by atoms with van der Waals surface area (Å²) in [5.41, 5.74) is 1.96. The predicted molar refractivity (Wildman–Crippen MR) is 75.1 cm³/mol. The normalized spacial score (nSPS) is 12.6. The second kappa shape index (κ2) is 4.94. The Kier molecular flexibility index (Phi) is 2.81. The van der Waals surface area contributed by atoms with E-state index in [0.29, 0.717) is 18.2 Å². The Balaban J connectivity index is 1.57. The number of ether oxygens (including phenoxy) is 2. The zero-order chi connectivity index (χ0) is 14.1. The number of benzene rings is 2. The minimum Gasteiger partial charge on any atom is -0.454 e. The number of hydrogen-bond acceptors (Lipinski definition) is 5. The van der Waals surface area contributed by atoms with Gasteiger partial charge >= 0.3 is 0 Å². The van der Waals surface area contributed by atoms with E-state index in [1.165, 1.54) is 0 Å². The van der Waals surface area contributed by atoms with Gasteiger partial charge < -0.3 is 13.9 Å². The van der Waals surface area contributed by atoms with E-state index >= 15 is 0 Å². The molecule has 0 saturated carbocycles. The Bertz CT molecular complexity index is 768. The third-order valence-corrected chi connectivity index (χ3v) is 3.28. The van der Waals surface area contributed by atoms with Gasteiger partial charge in [0.15, 0.2) is 11.5 Å². The molecule has 1 aliphatic rings. The topological polar surface area (TPSA) is 57.4 Å². The van der Waals surface area contributed by atoms with Crippen LogP contribution in [0.15, 0.2) is 52.9 Å². The van der Waals surface area contributed by atoms with Gasteiger partial charge in [-0.05, 0) is 29.8 Å². The summed E-state index contributed by atoms with van der Waals surface area (Å²) in [5, 5.41) is 8.18. The predicted octanol–water partition coefficient (Wildman–Crippen LogP) is 3.06. The summed E-state index contributed by atoms with van der Waals surface area (Å²) in [6, 6.07) is 15.5. The van der Waals surface area contributed by atoms with Crippen molar-refractivity contribution in [3.8, 4) is 23.0 Å². The zero-order valence-corrected chi connectivity index (χ0v) is 11.2. The van der Waals surface area contributed by atoms with Crippen LogP contribution in [0.2, 0.25) is 0 Å². The lowest BCUT2D eigenvalue weighted by molar-refractivity contribution is 0.174. The average Bonchev–Trinajstić information content (AvgIpc) is 3.17. The molecule has 4 rings (SSSR count). The highest BCUT2D eigenvalue weighted by Crippen LogP contribution is 2.33. The van der Waals surface area contributed by atoms with E-state index < -0.39 is 0 Å². The minimum atomic E-state index is 0.275. The summed E-state index contributed by atoms with van der Waals surface area (Å²) < 4.78 is 16.4. The molecule has 5 heteroatoms. The molecule has 1 aromatic heterocycles. The van der Waals surface area contributed by atoms with Gasteiger partial charge in [0.1, 0.15) is 0 Å². The molecular formula is C16H12N2O3. The molecule has 0 spiro atoms. The van der Waals surface area contributed by atoms with Crippen LogP contribution < -0.4 is 9.47 Å². The number of rotatable bonds is 3. The molecule has 0 unspecified atom stereocenters. The molecule has 0 saturated heterocycles. The molecule has 0 radical (unpaired) electrons. The van der Waals surface area contributed by atoms with Gasteiger partial charge in [-0.25, -0.2) is 0 Å². The second-order valence-corrected chi connectivity index (χ2v) is 4.73. The average molecular weight is 280 g/mol. The molecule has 0 aliphatic carbocycles. The first kappa shape index (κ1) is 12.0. The Hall–Kier alpha value is -2.82. The van der Waals surface area contributed by atoms with E-state index in [1.807, 2.05) is 48.5 Å². The molecule has 2 heterocycles. The Morgan fingerprint density at radius 2 is 1.76 bits per heavy atom. The van der Waals surface area contributed by atoms with Gasteiger partial charge in [0, 0.05) is 5.56 Å². The fourth-order valence-corrected chi connectivity index (χ4v) is 2.25. The first-order chi connectivity index (χ1) is 10.4. The van der Waals surface area contributed by atoms with Crippen molar-refractivity contribution in [2.75, 3.05) is 6.79 Å². The molecule has 0 N–H and O–H groups in total. The largest absolute Gasteiger partial charge is 0.454 e. The van der Waals surface area contributed by atoms with Crippen molar-refractivity contribution in [2.45, 2.75) is 6.42 Å². The standard InChI is InChI=1S/C16H12N2O3/c1-2-4-12(5-3-1)16-18-17-15(21-16)9-11-6-7-13-14(8-11)20-10-19-13/h1-8H,9-10H2. The van der Waals surface area contributed by atoms with Crippen LogP contribution in [0.3, 0.4) is 0 Å². The molecule has 1 aliphatic heterocycles. The highest BCUT2D eigenvalue weighted by Gasteiger charge is 2.15. The Morgan fingerprint density at radius 1 is 0.905 bits per heavy atom. The van der Waals surface area contributed by atoms with Crippen molar-refractivity contribution in [3.63, 3.8) is 0 Å². The lowest BCUT2D eigenvalue weighted by Gasteiger charge is -1.99. The van der Waals surface area contributed by atoms with Crippen LogP contribution in [0.5, 0.6) is 11.5 Å². The van der Waals surface area contributed by atoms with E-state index in [2.05, 4.69) is 10.2 Å². The van der Waals surface area contributed by atoms with E-state index in [9.17, 15) is 0 Å². The molecule has 0 atom stereocenters. The van der Waals surface area contributed by atoms with Crippen LogP contribution in [0.4, 0.5) is 0 Å². The van der Waals surface area contributed by atoms with Gasteiger partial charge in [-0.3, -0.25) is 0 Å². The molecule has 104 valence electrons. The molecule has 0 fully saturated rings. The van der Waals surface area contributed by atoms with Crippen LogP contribution in [0.25, 0.3) is 11.5 Å². The molecule has 5 nitrogen and oxygen atoms in total. The number of hydrogen-bond donors (Lipinski definition) is 0. The SMILES string of the molecule is c1ccc(-c2nnc(Cc3ccc4c(c3)OCO4)o2)cc1. The van der Waals surface area contributed by atoms with Crippen LogP contribution in [0.1, 0.15) is 11.5 Å². The van der Waals surface area contributed by atoms with Gasteiger partial charge in [0.25, 0.3) is 0 Å². The third kappa shape index (κ3) is 2.33. The molecule has 3 aromatic rings. The highest BCUT2D eigenvalue weighted by molar-refractivity contribution is 5.52. The fourth-order valence-electron chi connectivity index (χ4n) is 2.25. The molecule has 21 heavy (non-hydrogen) atoms. The van der Waals surface area contributed by atoms with Gasteiger partial charge in [0.05, 0.1) is 6.42 Å². The third-order valence-electron chi connectivity index (χ3n) is 3.28. The van der Waals surface area contributed by atoms with Gasteiger partial charge in [-0.1, -0.05) is 24.3 Å². The summed E-state index contributed by atoms with van der Waals surface area (Å²) in [6.45, 7) is 0.275. The van der Waals surface area contributed by atoms with E-state index in [4.69, 9.17) is 13.9 Å². The summed E-state index contributed by atoms with van der Waals surface area (Å²) >= 11 is 0. The molecular weight excluding hydrogens is 268 g/mol. The van der Waals surface area contributed by atoms with Crippen molar-refractivity contribution in [3.05, 3.63) is 60.0 Å². The molecule has 0 bridgehead atoms. The maximum Gasteiger partial charge on any atom is 0.247 e. The monoisotopic (exact) mass is 280 g/mol. The highest BCUT2D eigenvalue weighted by atomic mass is 16.7. The van der Waals surface area contributed by atoms with E-state index in [1.54, 1.807) is 0 Å². The first-order valence-corrected chi connectivity index (χ1v) is 6.65. The lowest BCUT2D eigenvalue weighted by atomic mass is 10.1. The molecule has 2 aromatic carbocycles. The van der Waals surface area contributed by atoms with Crippen molar-refractivity contribution < 1.29 is 13.9 Å². The number of nitrogens with zero attached hydrogens (tertiary/aromatic N) is 2. The van der Waals surface area contributed by atoms with E-state index in [0.717, 1.165) is 22.6 Å². The lowest BCUT2D eigenvalue weighted by Crippen LogP contribution is -1.93. The van der Waals surface area contributed by atoms with E-state index in [-0.39, 0.29) is 6.79 Å². The quantitative estimate of drug-likeness (QED) is 0.738. The first-order valence-electron chi connectivity index (χ1n) is 6.65. The smallest absolute Gasteiger partial charge is 0.247 e. The maximum absolute atomic E-state index is 5.70.